The van der Waals surface area contributed by atoms with Gasteiger partial charge in [0.2, 0.25) is 0 Å². The second-order valence-electron chi connectivity index (χ2n) is 5.42. The molecule has 0 fully saturated rings. The summed E-state index contributed by atoms with van der Waals surface area (Å²) in [5, 5.41) is 6.40. The summed E-state index contributed by atoms with van der Waals surface area (Å²) in [5.74, 6) is -0.146. The van der Waals surface area contributed by atoms with Crippen LogP contribution in [0.5, 0.6) is 0 Å². The van der Waals surface area contributed by atoms with E-state index < -0.39 is 0 Å². The standard InChI is InChI=1S/C18H16BrFN2O2.C2H6/c1-9-6-10(20)4-5-11(9)17-16(18(23)22-3)12-7-13(19)14(21-2)8-15(12)24-17;1-2/h4-8,21H,1-3H3,(H,22,23);1-2H3. The topological polar surface area (TPSA) is 54.3 Å². The number of benzene rings is 2. The van der Waals surface area contributed by atoms with E-state index >= 15 is 0 Å². The van der Waals surface area contributed by atoms with Gasteiger partial charge in [0.15, 0.2) is 0 Å². The van der Waals surface area contributed by atoms with E-state index in [0.29, 0.717) is 33.4 Å². The molecule has 2 aromatic carbocycles. The SMILES string of the molecule is CC.CNC(=O)c1c(-c2ccc(F)cc2C)oc2cc(NC)c(Br)cc12. The second-order valence-corrected chi connectivity index (χ2v) is 6.28. The average molecular weight is 421 g/mol. The Bertz CT molecular complexity index is 951. The maximum atomic E-state index is 13.4. The van der Waals surface area contributed by atoms with Crippen molar-refractivity contribution in [2.75, 3.05) is 19.4 Å². The lowest BCUT2D eigenvalue weighted by molar-refractivity contribution is 0.0964. The smallest absolute Gasteiger partial charge is 0.255 e. The van der Waals surface area contributed by atoms with E-state index in [1.54, 1.807) is 27.1 Å². The largest absolute Gasteiger partial charge is 0.455 e. The molecule has 3 aromatic rings. The van der Waals surface area contributed by atoms with Gasteiger partial charge < -0.3 is 15.1 Å². The zero-order valence-corrected chi connectivity index (χ0v) is 17.0. The normalized spacial score (nSPS) is 10.3. The first-order valence-electron chi connectivity index (χ1n) is 8.38. The van der Waals surface area contributed by atoms with E-state index in [-0.39, 0.29) is 11.7 Å². The highest BCUT2D eigenvalue weighted by Crippen LogP contribution is 2.39. The molecule has 0 unspecified atom stereocenters. The summed E-state index contributed by atoms with van der Waals surface area (Å²) in [7, 11) is 3.37. The van der Waals surface area contributed by atoms with Crippen LogP contribution < -0.4 is 10.6 Å². The van der Waals surface area contributed by atoms with Crippen LogP contribution in [0.25, 0.3) is 22.3 Å². The Labute approximate surface area is 160 Å². The molecule has 0 aliphatic heterocycles. The van der Waals surface area contributed by atoms with Gasteiger partial charge in [0.25, 0.3) is 5.91 Å². The Morgan fingerprint density at radius 2 is 1.85 bits per heavy atom. The molecule has 26 heavy (non-hydrogen) atoms. The van der Waals surface area contributed by atoms with Gasteiger partial charge in [0.05, 0.1) is 11.3 Å². The molecule has 1 amide bonds. The van der Waals surface area contributed by atoms with Gasteiger partial charge in [0.1, 0.15) is 17.2 Å². The number of fused-ring (bicyclic) bond motifs is 1. The number of carbonyl (C=O) groups excluding carboxylic acids is 1. The van der Waals surface area contributed by atoms with Crippen molar-refractivity contribution in [3.8, 4) is 11.3 Å². The van der Waals surface area contributed by atoms with Crippen molar-refractivity contribution >= 4 is 38.5 Å². The quantitative estimate of drug-likeness (QED) is 0.567. The molecule has 0 atom stereocenters. The van der Waals surface area contributed by atoms with Crippen LogP contribution in [0.1, 0.15) is 29.8 Å². The van der Waals surface area contributed by atoms with Crippen LogP contribution in [0.2, 0.25) is 0 Å². The highest BCUT2D eigenvalue weighted by molar-refractivity contribution is 9.10. The van der Waals surface area contributed by atoms with Gasteiger partial charge in [-0.05, 0) is 52.7 Å². The third kappa shape index (κ3) is 3.60. The van der Waals surface area contributed by atoms with E-state index in [1.807, 2.05) is 26.0 Å². The lowest BCUT2D eigenvalue weighted by Crippen LogP contribution is -2.18. The number of hydrogen-bond donors (Lipinski definition) is 2. The monoisotopic (exact) mass is 420 g/mol. The number of rotatable bonds is 3. The van der Waals surface area contributed by atoms with E-state index in [2.05, 4.69) is 26.6 Å². The highest BCUT2D eigenvalue weighted by Gasteiger charge is 2.23. The summed E-state index contributed by atoms with van der Waals surface area (Å²) >= 11 is 3.49. The van der Waals surface area contributed by atoms with E-state index in [9.17, 15) is 9.18 Å². The van der Waals surface area contributed by atoms with Crippen molar-refractivity contribution < 1.29 is 13.6 Å². The molecule has 3 rings (SSSR count). The Morgan fingerprint density at radius 3 is 2.42 bits per heavy atom. The van der Waals surface area contributed by atoms with Crippen LogP contribution in [0.15, 0.2) is 39.2 Å². The van der Waals surface area contributed by atoms with Crippen molar-refractivity contribution in [3.05, 3.63) is 51.7 Å². The minimum Gasteiger partial charge on any atom is -0.455 e. The Hall–Kier alpha value is -2.34. The first-order chi connectivity index (χ1) is 12.5. The zero-order valence-electron chi connectivity index (χ0n) is 15.5. The van der Waals surface area contributed by atoms with E-state index in [1.165, 1.54) is 12.1 Å². The predicted molar refractivity (Wildman–Crippen MR) is 108 cm³/mol. The van der Waals surface area contributed by atoms with Crippen molar-refractivity contribution in [1.82, 2.24) is 5.32 Å². The second kappa shape index (κ2) is 8.36. The van der Waals surface area contributed by atoms with Crippen LogP contribution in [0.4, 0.5) is 10.1 Å². The van der Waals surface area contributed by atoms with E-state index in [0.717, 1.165) is 10.2 Å². The van der Waals surface area contributed by atoms with Crippen molar-refractivity contribution in [3.63, 3.8) is 0 Å². The summed E-state index contributed by atoms with van der Waals surface area (Å²) in [6.45, 7) is 5.79. The number of amides is 1. The molecule has 0 bridgehead atoms. The molecule has 4 nitrogen and oxygen atoms in total. The number of furan rings is 1. The maximum Gasteiger partial charge on any atom is 0.255 e. The molecule has 2 N–H and O–H groups in total. The van der Waals surface area contributed by atoms with Gasteiger partial charge in [-0.15, -0.1) is 0 Å². The number of halogens is 2. The number of anilines is 1. The molecule has 0 saturated heterocycles. The van der Waals surface area contributed by atoms with Crippen molar-refractivity contribution in [1.29, 1.82) is 0 Å². The van der Waals surface area contributed by atoms with Crippen LogP contribution in [0.3, 0.4) is 0 Å². The minimum absolute atomic E-state index is 0.253. The molecule has 138 valence electrons. The number of aryl methyl sites for hydroxylation is 1. The van der Waals surface area contributed by atoms with Crippen molar-refractivity contribution in [2.45, 2.75) is 20.8 Å². The Balaban J connectivity index is 0.00000117. The summed E-state index contributed by atoms with van der Waals surface area (Å²) in [4.78, 5) is 12.5. The lowest BCUT2D eigenvalue weighted by atomic mass is 10.0. The minimum atomic E-state index is -0.325. The van der Waals surface area contributed by atoms with Crippen LogP contribution in [-0.2, 0) is 0 Å². The van der Waals surface area contributed by atoms with Crippen LogP contribution in [0, 0.1) is 12.7 Å². The fourth-order valence-corrected chi connectivity index (χ4v) is 3.27. The van der Waals surface area contributed by atoms with Gasteiger partial charge in [-0.25, -0.2) is 4.39 Å². The van der Waals surface area contributed by atoms with Crippen LogP contribution >= 0.6 is 15.9 Å². The molecule has 0 radical (unpaired) electrons. The molecule has 6 heteroatoms. The van der Waals surface area contributed by atoms with Gasteiger partial charge in [0, 0.05) is 35.6 Å². The Morgan fingerprint density at radius 1 is 1.15 bits per heavy atom. The number of nitrogens with one attached hydrogen (secondary N) is 2. The third-order valence-corrected chi connectivity index (χ3v) is 4.59. The van der Waals surface area contributed by atoms with Crippen molar-refractivity contribution in [2.24, 2.45) is 0 Å². The van der Waals surface area contributed by atoms with Gasteiger partial charge in [-0.2, -0.15) is 0 Å². The molecular weight excluding hydrogens is 399 g/mol. The highest BCUT2D eigenvalue weighted by atomic mass is 79.9. The fraction of sp³-hybridized carbons (Fsp3) is 0.250. The Kier molecular flexibility index (Phi) is 6.42. The fourth-order valence-electron chi connectivity index (χ4n) is 2.73. The number of carbonyl (C=O) groups is 1. The predicted octanol–water partition coefficient (Wildman–Crippen LogP) is 5.74. The maximum absolute atomic E-state index is 13.4. The zero-order chi connectivity index (χ0) is 19.4. The average Bonchev–Trinajstić information content (AvgIpc) is 2.99. The first kappa shape index (κ1) is 20.0. The molecular formula is C20H22BrFN2O2. The summed E-state index contributed by atoms with van der Waals surface area (Å²) in [6.07, 6.45) is 0. The summed E-state index contributed by atoms with van der Waals surface area (Å²) in [6, 6.07) is 8.08. The molecule has 1 aromatic heterocycles. The first-order valence-corrected chi connectivity index (χ1v) is 9.18. The summed E-state index contributed by atoms with van der Waals surface area (Å²) < 4.78 is 20.2. The van der Waals surface area contributed by atoms with E-state index in [4.69, 9.17) is 4.42 Å². The van der Waals surface area contributed by atoms with Gasteiger partial charge in [-0.3, -0.25) is 4.79 Å². The molecule has 0 saturated carbocycles. The summed E-state index contributed by atoms with van der Waals surface area (Å²) in [5.41, 5.74) is 3.26. The van der Waals surface area contributed by atoms with Gasteiger partial charge in [-0.1, -0.05) is 13.8 Å². The van der Waals surface area contributed by atoms with Gasteiger partial charge >= 0.3 is 0 Å². The third-order valence-electron chi connectivity index (χ3n) is 3.93. The van der Waals surface area contributed by atoms with Crippen LogP contribution in [-0.4, -0.2) is 20.0 Å². The molecule has 0 aliphatic rings. The molecule has 0 aliphatic carbocycles. The number of hydrogen-bond acceptors (Lipinski definition) is 3. The molecule has 1 heterocycles. The lowest BCUT2D eigenvalue weighted by Gasteiger charge is -2.06. The molecule has 0 spiro atoms.